The van der Waals surface area contributed by atoms with Gasteiger partial charge in [-0.3, -0.25) is 10.2 Å². The Bertz CT molecular complexity index is 568. The lowest BCUT2D eigenvalue weighted by atomic mass is 10.6. The number of nitrogens with two attached hydrogens (primary N) is 1. The number of nitrogens with one attached hydrogen (secondary N) is 3. The minimum absolute atomic E-state index is 0.0935. The summed E-state index contributed by atoms with van der Waals surface area (Å²) in [5, 5.41) is 9.65. The number of hydrogen-bond acceptors (Lipinski definition) is 8. The van der Waals surface area contributed by atoms with Gasteiger partial charge < -0.3 is 10.6 Å². The van der Waals surface area contributed by atoms with Gasteiger partial charge in [-0.05, 0) is 6.07 Å². The number of nitrogen functional groups attached to an aromatic ring is 1. The Hall–Kier alpha value is -2.75. The predicted molar refractivity (Wildman–Crippen MR) is 71.9 cm³/mol. The summed E-state index contributed by atoms with van der Waals surface area (Å²) in [7, 11) is 0. The van der Waals surface area contributed by atoms with E-state index in [4.69, 9.17) is 5.84 Å². The van der Waals surface area contributed by atoms with Gasteiger partial charge in [0.15, 0.2) is 0 Å². The smallest absolute Gasteiger partial charge is 0.257 e. The van der Waals surface area contributed by atoms with Crippen molar-refractivity contribution < 1.29 is 4.79 Å². The molecule has 0 spiro atoms. The van der Waals surface area contributed by atoms with Crippen molar-refractivity contribution >= 4 is 17.8 Å². The topological polar surface area (TPSA) is 136 Å². The Balaban J connectivity index is 2.08. The van der Waals surface area contributed by atoms with Gasteiger partial charge in [-0.1, -0.05) is 0 Å². The van der Waals surface area contributed by atoms with Crippen LogP contribution in [0.5, 0.6) is 0 Å². The van der Waals surface area contributed by atoms with Gasteiger partial charge >= 0.3 is 0 Å². The molecule has 0 aliphatic heterocycles. The molecule has 10 nitrogen and oxygen atoms in total. The van der Waals surface area contributed by atoms with Gasteiger partial charge in [-0.25, -0.2) is 10.5 Å². The predicted octanol–water partition coefficient (Wildman–Crippen LogP) is -1.11. The molecule has 2 heterocycles. The molecule has 0 fully saturated rings. The van der Waals surface area contributed by atoms with E-state index in [2.05, 4.69) is 36.1 Å². The lowest BCUT2D eigenvalue weighted by Gasteiger charge is -2.08. The van der Waals surface area contributed by atoms with Crippen LogP contribution in [0.2, 0.25) is 0 Å². The third-order valence-electron chi connectivity index (χ3n) is 2.24. The standard InChI is InChI=1S/C10H15N9O/c1-7(20)12-4-5-13-8-15-9(18-11)17-10(16-8)19-6-2-3-14-19/h2-3,6H,4-5,11H2,1H3,(H,12,20)(H2,13,15,16,17,18). The van der Waals surface area contributed by atoms with Crippen LogP contribution in [0.25, 0.3) is 5.95 Å². The zero-order chi connectivity index (χ0) is 14.4. The number of anilines is 2. The third-order valence-corrected chi connectivity index (χ3v) is 2.24. The van der Waals surface area contributed by atoms with Gasteiger partial charge in [0.2, 0.25) is 17.8 Å². The maximum atomic E-state index is 10.7. The van der Waals surface area contributed by atoms with Crippen molar-refractivity contribution in [3.05, 3.63) is 18.5 Å². The van der Waals surface area contributed by atoms with Crippen molar-refractivity contribution in [2.45, 2.75) is 6.92 Å². The first-order chi connectivity index (χ1) is 9.69. The van der Waals surface area contributed by atoms with Gasteiger partial charge in [-0.15, -0.1) is 0 Å². The van der Waals surface area contributed by atoms with Gasteiger partial charge in [-0.2, -0.15) is 20.1 Å². The molecule has 0 bridgehead atoms. The summed E-state index contributed by atoms with van der Waals surface area (Å²) < 4.78 is 1.49. The van der Waals surface area contributed by atoms with Crippen LogP contribution in [-0.4, -0.2) is 43.7 Å². The van der Waals surface area contributed by atoms with E-state index in [0.29, 0.717) is 25.0 Å². The number of nitrogens with zero attached hydrogens (tertiary/aromatic N) is 5. The molecule has 0 unspecified atom stereocenters. The van der Waals surface area contributed by atoms with E-state index in [0.717, 1.165) is 0 Å². The molecule has 10 heteroatoms. The Morgan fingerprint density at radius 2 is 2.10 bits per heavy atom. The second-order valence-corrected chi connectivity index (χ2v) is 3.79. The molecule has 0 atom stereocenters. The minimum Gasteiger partial charge on any atom is -0.355 e. The number of hydrazine groups is 1. The van der Waals surface area contributed by atoms with E-state index in [1.165, 1.54) is 11.6 Å². The van der Waals surface area contributed by atoms with Crippen LogP contribution in [0.3, 0.4) is 0 Å². The van der Waals surface area contributed by atoms with E-state index < -0.39 is 0 Å². The first-order valence-corrected chi connectivity index (χ1v) is 5.90. The first-order valence-electron chi connectivity index (χ1n) is 5.90. The number of carbonyl (C=O) groups is 1. The molecular weight excluding hydrogens is 262 g/mol. The molecular formula is C10H15N9O. The molecule has 0 aromatic carbocycles. The van der Waals surface area contributed by atoms with Crippen molar-refractivity contribution in [1.29, 1.82) is 0 Å². The van der Waals surface area contributed by atoms with Crippen LogP contribution in [0, 0.1) is 0 Å². The molecule has 0 saturated carbocycles. The number of hydrogen-bond donors (Lipinski definition) is 4. The van der Waals surface area contributed by atoms with Crippen LogP contribution in [0.1, 0.15) is 6.92 Å². The second kappa shape index (κ2) is 6.43. The van der Waals surface area contributed by atoms with Gasteiger partial charge in [0.25, 0.3) is 5.95 Å². The largest absolute Gasteiger partial charge is 0.355 e. The molecule has 20 heavy (non-hydrogen) atoms. The van der Waals surface area contributed by atoms with Crippen LogP contribution < -0.4 is 21.9 Å². The minimum atomic E-state index is -0.0935. The van der Waals surface area contributed by atoms with Crippen LogP contribution >= 0.6 is 0 Å². The molecule has 0 aliphatic rings. The van der Waals surface area contributed by atoms with Crippen molar-refractivity contribution in [2.75, 3.05) is 23.8 Å². The zero-order valence-electron chi connectivity index (χ0n) is 10.9. The van der Waals surface area contributed by atoms with Gasteiger partial charge in [0, 0.05) is 32.4 Å². The highest BCUT2D eigenvalue weighted by atomic mass is 16.1. The number of rotatable bonds is 6. The fourth-order valence-corrected chi connectivity index (χ4v) is 1.41. The Morgan fingerprint density at radius 3 is 2.75 bits per heavy atom. The van der Waals surface area contributed by atoms with E-state index in [1.807, 2.05) is 0 Å². The van der Waals surface area contributed by atoms with Gasteiger partial charge in [0.1, 0.15) is 0 Å². The SMILES string of the molecule is CC(=O)NCCNc1nc(NN)nc(-n2cccn2)n1. The van der Waals surface area contributed by atoms with Gasteiger partial charge in [0.05, 0.1) is 0 Å². The van der Waals surface area contributed by atoms with E-state index >= 15 is 0 Å². The number of aromatic nitrogens is 5. The molecule has 2 aromatic rings. The van der Waals surface area contributed by atoms with Crippen molar-refractivity contribution in [3.8, 4) is 5.95 Å². The van der Waals surface area contributed by atoms with Crippen molar-refractivity contribution in [2.24, 2.45) is 5.84 Å². The fraction of sp³-hybridized carbons (Fsp3) is 0.300. The van der Waals surface area contributed by atoms with E-state index in [1.54, 1.807) is 18.5 Å². The lowest BCUT2D eigenvalue weighted by molar-refractivity contribution is -0.118. The summed E-state index contributed by atoms with van der Waals surface area (Å²) in [6.45, 7) is 2.39. The number of carbonyl (C=O) groups excluding carboxylic acids is 1. The molecule has 5 N–H and O–H groups in total. The summed E-state index contributed by atoms with van der Waals surface area (Å²) in [4.78, 5) is 23.1. The highest BCUT2D eigenvalue weighted by molar-refractivity contribution is 5.72. The van der Waals surface area contributed by atoms with Crippen LogP contribution in [-0.2, 0) is 4.79 Å². The maximum Gasteiger partial charge on any atom is 0.257 e. The summed E-state index contributed by atoms with van der Waals surface area (Å²) >= 11 is 0. The molecule has 1 amide bonds. The molecule has 0 saturated heterocycles. The second-order valence-electron chi connectivity index (χ2n) is 3.79. The molecule has 2 aromatic heterocycles. The van der Waals surface area contributed by atoms with E-state index in [-0.39, 0.29) is 11.9 Å². The lowest BCUT2D eigenvalue weighted by Crippen LogP contribution is -2.27. The third kappa shape index (κ3) is 3.62. The average Bonchev–Trinajstić information content (AvgIpc) is 2.97. The summed E-state index contributed by atoms with van der Waals surface area (Å²) in [5.74, 6) is 6.11. The monoisotopic (exact) mass is 277 g/mol. The zero-order valence-corrected chi connectivity index (χ0v) is 10.9. The summed E-state index contributed by atoms with van der Waals surface area (Å²) in [6, 6.07) is 1.75. The molecule has 0 aliphatic carbocycles. The van der Waals surface area contributed by atoms with Crippen LogP contribution in [0.15, 0.2) is 18.5 Å². The Morgan fingerprint density at radius 1 is 1.30 bits per heavy atom. The normalized spacial score (nSPS) is 10.1. The van der Waals surface area contributed by atoms with Crippen LogP contribution in [0.4, 0.5) is 11.9 Å². The van der Waals surface area contributed by atoms with Crippen molar-refractivity contribution in [1.82, 2.24) is 30.0 Å². The fourth-order valence-electron chi connectivity index (χ4n) is 1.41. The maximum absolute atomic E-state index is 10.7. The summed E-state index contributed by atoms with van der Waals surface area (Å²) in [6.07, 6.45) is 3.32. The summed E-state index contributed by atoms with van der Waals surface area (Å²) in [5.41, 5.74) is 2.37. The highest BCUT2D eigenvalue weighted by Gasteiger charge is 2.07. The van der Waals surface area contributed by atoms with Crippen molar-refractivity contribution in [3.63, 3.8) is 0 Å². The first kappa shape index (κ1) is 13.7. The molecule has 106 valence electrons. The Kier molecular flexibility index (Phi) is 4.39. The number of amides is 1. The highest BCUT2D eigenvalue weighted by Crippen LogP contribution is 2.07. The van der Waals surface area contributed by atoms with E-state index in [9.17, 15) is 4.79 Å². The Labute approximate surface area is 114 Å². The molecule has 0 radical (unpaired) electrons. The average molecular weight is 277 g/mol. The molecule has 2 rings (SSSR count). The quantitative estimate of drug-likeness (QED) is 0.296.